The smallest absolute Gasteiger partial charge is 0.267 e. The standard InChI is InChI=1S/C16H15N3O3/c1-11-8-9-14(10-15(11)19(21)22)16(20)18-17-12(2)13-6-4-3-5-7-13/h3-10H,1-2H3,(H,18,20)/b17-12-. The number of rotatable bonds is 4. The molecule has 0 aliphatic carbocycles. The second-order valence-corrected chi connectivity index (χ2v) is 4.76. The summed E-state index contributed by atoms with van der Waals surface area (Å²) in [6.07, 6.45) is 0. The van der Waals surface area contributed by atoms with Crippen LogP contribution in [0.1, 0.15) is 28.4 Å². The van der Waals surface area contributed by atoms with Crippen LogP contribution in [0.4, 0.5) is 5.69 Å². The van der Waals surface area contributed by atoms with Gasteiger partial charge in [0.15, 0.2) is 0 Å². The topological polar surface area (TPSA) is 84.6 Å². The molecule has 0 unspecified atom stereocenters. The number of benzene rings is 2. The molecule has 22 heavy (non-hydrogen) atoms. The van der Waals surface area contributed by atoms with E-state index in [9.17, 15) is 14.9 Å². The molecule has 0 aliphatic rings. The third kappa shape index (κ3) is 3.54. The van der Waals surface area contributed by atoms with Crippen molar-refractivity contribution in [2.45, 2.75) is 13.8 Å². The van der Waals surface area contributed by atoms with E-state index >= 15 is 0 Å². The molecule has 0 bridgehead atoms. The highest BCUT2D eigenvalue weighted by atomic mass is 16.6. The largest absolute Gasteiger partial charge is 0.273 e. The molecule has 1 amide bonds. The zero-order valence-corrected chi connectivity index (χ0v) is 12.2. The number of nitrogens with zero attached hydrogens (tertiary/aromatic N) is 2. The number of nitro groups is 1. The summed E-state index contributed by atoms with van der Waals surface area (Å²) < 4.78 is 0. The van der Waals surface area contributed by atoms with E-state index in [1.54, 1.807) is 19.9 Å². The number of nitrogens with one attached hydrogen (secondary N) is 1. The van der Waals surface area contributed by atoms with Crippen LogP contribution in [0.5, 0.6) is 0 Å². The normalized spacial score (nSPS) is 11.1. The molecule has 0 saturated heterocycles. The molecular formula is C16H15N3O3. The van der Waals surface area contributed by atoms with Crippen LogP contribution in [0.3, 0.4) is 0 Å². The van der Waals surface area contributed by atoms with E-state index in [0.717, 1.165) is 5.56 Å². The molecule has 112 valence electrons. The van der Waals surface area contributed by atoms with Gasteiger partial charge in [0.25, 0.3) is 11.6 Å². The van der Waals surface area contributed by atoms with Crippen molar-refractivity contribution in [3.63, 3.8) is 0 Å². The van der Waals surface area contributed by atoms with Gasteiger partial charge in [0.05, 0.1) is 10.6 Å². The average Bonchev–Trinajstić information content (AvgIpc) is 2.53. The van der Waals surface area contributed by atoms with Gasteiger partial charge < -0.3 is 0 Å². The molecule has 0 radical (unpaired) electrons. The van der Waals surface area contributed by atoms with Crippen LogP contribution in [-0.4, -0.2) is 16.5 Å². The summed E-state index contributed by atoms with van der Waals surface area (Å²) in [5.74, 6) is -0.488. The van der Waals surface area contributed by atoms with Crippen molar-refractivity contribution in [1.29, 1.82) is 0 Å². The Bertz CT molecular complexity index is 740. The molecule has 1 N–H and O–H groups in total. The third-order valence-corrected chi connectivity index (χ3v) is 3.18. The van der Waals surface area contributed by atoms with Gasteiger partial charge in [-0.25, -0.2) is 5.43 Å². The highest BCUT2D eigenvalue weighted by Crippen LogP contribution is 2.19. The number of nitro benzene ring substituents is 1. The molecule has 0 aliphatic heterocycles. The average molecular weight is 297 g/mol. The fraction of sp³-hybridized carbons (Fsp3) is 0.125. The highest BCUT2D eigenvalue weighted by molar-refractivity contribution is 6.01. The molecule has 2 aromatic carbocycles. The lowest BCUT2D eigenvalue weighted by Gasteiger charge is -2.04. The molecule has 6 nitrogen and oxygen atoms in total. The van der Waals surface area contributed by atoms with Crippen molar-refractivity contribution in [3.05, 3.63) is 75.3 Å². The van der Waals surface area contributed by atoms with Gasteiger partial charge in [-0.2, -0.15) is 5.10 Å². The van der Waals surface area contributed by atoms with Crippen LogP contribution >= 0.6 is 0 Å². The van der Waals surface area contributed by atoms with Crippen molar-refractivity contribution in [2.24, 2.45) is 5.10 Å². The number of carbonyl (C=O) groups is 1. The Morgan fingerprint density at radius 2 is 1.82 bits per heavy atom. The molecule has 0 heterocycles. The number of hydrazone groups is 1. The molecule has 0 fully saturated rings. The van der Waals surface area contributed by atoms with Gasteiger partial charge in [0, 0.05) is 17.2 Å². The van der Waals surface area contributed by atoms with Gasteiger partial charge in [-0.1, -0.05) is 36.4 Å². The Balaban J connectivity index is 2.16. The minimum Gasteiger partial charge on any atom is -0.267 e. The van der Waals surface area contributed by atoms with Crippen LogP contribution in [0.2, 0.25) is 0 Å². The van der Waals surface area contributed by atoms with E-state index in [0.29, 0.717) is 11.3 Å². The molecular weight excluding hydrogens is 282 g/mol. The predicted molar refractivity (Wildman–Crippen MR) is 84.0 cm³/mol. The van der Waals surface area contributed by atoms with Gasteiger partial charge >= 0.3 is 0 Å². The number of hydrogen-bond donors (Lipinski definition) is 1. The van der Waals surface area contributed by atoms with E-state index in [-0.39, 0.29) is 11.3 Å². The molecule has 0 atom stereocenters. The molecule has 0 spiro atoms. The lowest BCUT2D eigenvalue weighted by molar-refractivity contribution is -0.385. The lowest BCUT2D eigenvalue weighted by atomic mass is 10.1. The maximum atomic E-state index is 12.0. The highest BCUT2D eigenvalue weighted by Gasteiger charge is 2.14. The van der Waals surface area contributed by atoms with E-state index in [1.807, 2.05) is 30.3 Å². The number of carbonyl (C=O) groups excluding carboxylic acids is 1. The SMILES string of the molecule is C/C(=N/NC(=O)c1ccc(C)c([N+](=O)[O-])c1)c1ccccc1. The Hall–Kier alpha value is -3.02. The summed E-state index contributed by atoms with van der Waals surface area (Å²) in [6.45, 7) is 3.39. The van der Waals surface area contributed by atoms with Crippen molar-refractivity contribution in [1.82, 2.24) is 5.43 Å². The first kappa shape index (κ1) is 15.4. The lowest BCUT2D eigenvalue weighted by Crippen LogP contribution is -2.19. The third-order valence-electron chi connectivity index (χ3n) is 3.18. The summed E-state index contributed by atoms with van der Waals surface area (Å²) >= 11 is 0. The second-order valence-electron chi connectivity index (χ2n) is 4.76. The van der Waals surface area contributed by atoms with Crippen LogP contribution < -0.4 is 5.43 Å². The van der Waals surface area contributed by atoms with Gasteiger partial charge in [-0.05, 0) is 25.5 Å². The number of amides is 1. The van der Waals surface area contributed by atoms with Gasteiger partial charge in [0.2, 0.25) is 0 Å². The van der Waals surface area contributed by atoms with Crippen LogP contribution in [0.25, 0.3) is 0 Å². The Kier molecular flexibility index (Phi) is 4.63. The van der Waals surface area contributed by atoms with Gasteiger partial charge in [0.1, 0.15) is 0 Å². The number of hydrogen-bond acceptors (Lipinski definition) is 4. The Morgan fingerprint density at radius 3 is 2.45 bits per heavy atom. The minimum atomic E-state index is -0.509. The summed E-state index contributed by atoms with van der Waals surface area (Å²) in [4.78, 5) is 22.4. The first-order valence-electron chi connectivity index (χ1n) is 6.64. The summed E-state index contributed by atoms with van der Waals surface area (Å²) in [6, 6.07) is 13.7. The van der Waals surface area contributed by atoms with E-state index < -0.39 is 10.8 Å². The van der Waals surface area contributed by atoms with Crippen molar-refractivity contribution < 1.29 is 9.72 Å². The van der Waals surface area contributed by atoms with Gasteiger partial charge in [-0.15, -0.1) is 0 Å². The van der Waals surface area contributed by atoms with Crippen molar-refractivity contribution in [3.8, 4) is 0 Å². The zero-order chi connectivity index (χ0) is 16.1. The molecule has 2 aromatic rings. The first-order chi connectivity index (χ1) is 10.5. The summed E-state index contributed by atoms with van der Waals surface area (Å²) in [5.41, 5.74) is 4.56. The van der Waals surface area contributed by atoms with E-state index in [2.05, 4.69) is 10.5 Å². The maximum absolute atomic E-state index is 12.0. The zero-order valence-electron chi connectivity index (χ0n) is 12.2. The first-order valence-corrected chi connectivity index (χ1v) is 6.64. The number of aryl methyl sites for hydroxylation is 1. The fourth-order valence-electron chi connectivity index (χ4n) is 1.89. The molecule has 2 rings (SSSR count). The summed E-state index contributed by atoms with van der Waals surface area (Å²) in [7, 11) is 0. The second kappa shape index (κ2) is 6.62. The van der Waals surface area contributed by atoms with Crippen molar-refractivity contribution in [2.75, 3.05) is 0 Å². The molecule has 6 heteroatoms. The minimum absolute atomic E-state index is 0.0867. The molecule has 0 aromatic heterocycles. The molecule has 0 saturated carbocycles. The Morgan fingerprint density at radius 1 is 1.14 bits per heavy atom. The predicted octanol–water partition coefficient (Wildman–Crippen LogP) is 3.06. The Labute approximate surface area is 127 Å². The maximum Gasteiger partial charge on any atom is 0.273 e. The van der Waals surface area contributed by atoms with E-state index in [4.69, 9.17) is 0 Å². The van der Waals surface area contributed by atoms with E-state index in [1.165, 1.54) is 12.1 Å². The van der Waals surface area contributed by atoms with Crippen LogP contribution in [0, 0.1) is 17.0 Å². The van der Waals surface area contributed by atoms with Crippen molar-refractivity contribution >= 4 is 17.3 Å². The van der Waals surface area contributed by atoms with Crippen LogP contribution in [0.15, 0.2) is 53.6 Å². The monoisotopic (exact) mass is 297 g/mol. The van der Waals surface area contributed by atoms with Gasteiger partial charge in [-0.3, -0.25) is 14.9 Å². The summed E-state index contributed by atoms with van der Waals surface area (Å²) in [5, 5.41) is 14.9. The quantitative estimate of drug-likeness (QED) is 0.534. The van der Waals surface area contributed by atoms with Crippen LogP contribution in [-0.2, 0) is 0 Å². The fourth-order valence-corrected chi connectivity index (χ4v) is 1.89.